The van der Waals surface area contributed by atoms with Crippen molar-refractivity contribution in [3.63, 3.8) is 0 Å². The summed E-state index contributed by atoms with van der Waals surface area (Å²) in [6, 6.07) is 6.13. The number of nitrogens with zero attached hydrogens (tertiary/aromatic N) is 1. The van der Waals surface area contributed by atoms with Crippen molar-refractivity contribution in [3.8, 4) is 5.75 Å². The van der Waals surface area contributed by atoms with Crippen LogP contribution in [0.15, 0.2) is 29.2 Å². The molecule has 1 atom stereocenters. The lowest BCUT2D eigenvalue weighted by Gasteiger charge is -2.40. The number of nitrogens with one attached hydrogen (secondary N) is 1. The fourth-order valence-electron chi connectivity index (χ4n) is 2.96. The number of benzene rings is 1. The number of carboxylic acids is 1. The maximum Gasteiger partial charge on any atom is 0.325 e. The Bertz CT molecular complexity index is 699. The summed E-state index contributed by atoms with van der Waals surface area (Å²) in [5, 5.41) is 9.68. The third kappa shape index (κ3) is 4.96. The first-order valence-corrected chi connectivity index (χ1v) is 10.5. The predicted molar refractivity (Wildman–Crippen MR) is 98.9 cm³/mol. The van der Waals surface area contributed by atoms with Crippen LogP contribution >= 0.6 is 0 Å². The number of ether oxygens (including phenoxy) is 1. The van der Waals surface area contributed by atoms with Gasteiger partial charge < -0.3 is 9.84 Å². The minimum absolute atomic E-state index is 0.0905. The molecule has 1 aliphatic heterocycles. The SMILES string of the molecule is CCCOc1ccc(S(=O)(=O)NC[C@@](C)(C(=O)O)N2CCCCC2)cc1. The van der Waals surface area contributed by atoms with Crippen LogP contribution in [0.1, 0.15) is 39.5 Å². The lowest BCUT2D eigenvalue weighted by molar-refractivity contribution is -0.150. The zero-order chi connectivity index (χ0) is 19.2. The average Bonchev–Trinajstić information content (AvgIpc) is 2.65. The summed E-state index contributed by atoms with van der Waals surface area (Å²) >= 11 is 0. The van der Waals surface area contributed by atoms with E-state index in [1.165, 1.54) is 12.1 Å². The smallest absolute Gasteiger partial charge is 0.325 e. The van der Waals surface area contributed by atoms with Crippen molar-refractivity contribution < 1.29 is 23.1 Å². The van der Waals surface area contributed by atoms with Gasteiger partial charge in [-0.2, -0.15) is 0 Å². The highest BCUT2D eigenvalue weighted by Gasteiger charge is 2.41. The lowest BCUT2D eigenvalue weighted by Crippen LogP contribution is -2.60. The molecule has 7 nitrogen and oxygen atoms in total. The molecule has 0 aromatic heterocycles. The molecule has 8 heteroatoms. The first-order valence-electron chi connectivity index (χ1n) is 9.00. The molecule has 0 spiro atoms. The normalized spacial score (nSPS) is 18.2. The predicted octanol–water partition coefficient (Wildman–Crippen LogP) is 2.08. The Morgan fingerprint density at radius 2 is 1.85 bits per heavy atom. The minimum Gasteiger partial charge on any atom is -0.494 e. The second kappa shape index (κ2) is 8.83. The molecule has 1 fully saturated rings. The van der Waals surface area contributed by atoms with Gasteiger partial charge in [-0.3, -0.25) is 9.69 Å². The van der Waals surface area contributed by atoms with Crippen LogP contribution in [-0.4, -0.2) is 56.2 Å². The van der Waals surface area contributed by atoms with Crippen LogP contribution < -0.4 is 9.46 Å². The molecular formula is C18H28N2O5S. The van der Waals surface area contributed by atoms with E-state index >= 15 is 0 Å². The second-order valence-electron chi connectivity index (χ2n) is 6.77. The highest BCUT2D eigenvalue weighted by molar-refractivity contribution is 7.89. The van der Waals surface area contributed by atoms with Crippen LogP contribution in [0, 0.1) is 0 Å². The van der Waals surface area contributed by atoms with Crippen molar-refractivity contribution in [1.82, 2.24) is 9.62 Å². The van der Waals surface area contributed by atoms with E-state index in [1.807, 2.05) is 11.8 Å². The Balaban J connectivity index is 2.08. The number of hydrogen-bond acceptors (Lipinski definition) is 5. The molecule has 0 amide bonds. The van der Waals surface area contributed by atoms with Crippen LogP contribution in [0.25, 0.3) is 0 Å². The third-order valence-electron chi connectivity index (χ3n) is 4.73. The summed E-state index contributed by atoms with van der Waals surface area (Å²) in [6.45, 7) is 5.27. The van der Waals surface area contributed by atoms with E-state index in [9.17, 15) is 18.3 Å². The number of sulfonamides is 1. The Kier molecular flexibility index (Phi) is 7.02. The molecule has 2 rings (SSSR count). The molecule has 1 saturated heterocycles. The Labute approximate surface area is 155 Å². The fourth-order valence-corrected chi connectivity index (χ4v) is 4.10. The van der Waals surface area contributed by atoms with Gasteiger partial charge in [0.1, 0.15) is 11.3 Å². The van der Waals surface area contributed by atoms with E-state index < -0.39 is 21.5 Å². The summed E-state index contributed by atoms with van der Waals surface area (Å²) in [5.41, 5.74) is -1.27. The molecule has 0 saturated carbocycles. The van der Waals surface area contributed by atoms with Crippen molar-refractivity contribution in [2.45, 2.75) is 50.0 Å². The van der Waals surface area contributed by atoms with E-state index in [-0.39, 0.29) is 11.4 Å². The number of piperidine rings is 1. The molecule has 0 unspecified atom stereocenters. The van der Waals surface area contributed by atoms with Gasteiger partial charge in [0.05, 0.1) is 11.5 Å². The molecule has 1 aromatic carbocycles. The number of hydrogen-bond donors (Lipinski definition) is 2. The Morgan fingerprint density at radius 1 is 1.23 bits per heavy atom. The van der Waals surface area contributed by atoms with E-state index in [0.29, 0.717) is 25.4 Å². The first-order chi connectivity index (χ1) is 12.3. The summed E-state index contributed by atoms with van der Waals surface area (Å²) < 4.78 is 33.0. The summed E-state index contributed by atoms with van der Waals surface area (Å²) in [7, 11) is -3.80. The quantitative estimate of drug-likeness (QED) is 0.677. The van der Waals surface area contributed by atoms with Crippen molar-refractivity contribution in [1.29, 1.82) is 0 Å². The number of likely N-dealkylation sites (tertiary alicyclic amines) is 1. The number of carboxylic acid groups (broad SMARTS) is 1. The topological polar surface area (TPSA) is 95.9 Å². The van der Waals surface area contributed by atoms with Gasteiger partial charge in [0, 0.05) is 6.54 Å². The second-order valence-corrected chi connectivity index (χ2v) is 8.54. The van der Waals surface area contributed by atoms with Gasteiger partial charge in [-0.05, 0) is 63.5 Å². The zero-order valence-corrected chi connectivity index (χ0v) is 16.2. The number of carbonyl (C=O) groups is 1. The molecule has 146 valence electrons. The highest BCUT2D eigenvalue weighted by Crippen LogP contribution is 2.22. The molecule has 0 aliphatic carbocycles. The minimum atomic E-state index is -3.80. The van der Waals surface area contributed by atoms with Gasteiger partial charge >= 0.3 is 5.97 Å². The van der Waals surface area contributed by atoms with Crippen LogP contribution in [0.4, 0.5) is 0 Å². The molecule has 1 aliphatic rings. The maximum absolute atomic E-state index is 12.5. The lowest BCUT2D eigenvalue weighted by atomic mass is 9.97. The first kappa shape index (κ1) is 20.7. The summed E-state index contributed by atoms with van der Waals surface area (Å²) in [6.07, 6.45) is 3.79. The van der Waals surface area contributed by atoms with Crippen LogP contribution in [-0.2, 0) is 14.8 Å². The van der Waals surface area contributed by atoms with Crippen LogP contribution in [0.3, 0.4) is 0 Å². The van der Waals surface area contributed by atoms with Gasteiger partial charge in [0.15, 0.2) is 0 Å². The van der Waals surface area contributed by atoms with E-state index in [2.05, 4.69) is 4.72 Å². The van der Waals surface area contributed by atoms with Gasteiger partial charge in [-0.1, -0.05) is 13.3 Å². The maximum atomic E-state index is 12.5. The van der Waals surface area contributed by atoms with Crippen molar-refractivity contribution in [3.05, 3.63) is 24.3 Å². The molecule has 0 radical (unpaired) electrons. The number of rotatable bonds is 9. The van der Waals surface area contributed by atoms with E-state index in [1.54, 1.807) is 19.1 Å². The van der Waals surface area contributed by atoms with Crippen molar-refractivity contribution in [2.24, 2.45) is 0 Å². The zero-order valence-electron chi connectivity index (χ0n) is 15.4. The largest absolute Gasteiger partial charge is 0.494 e. The molecular weight excluding hydrogens is 356 g/mol. The van der Waals surface area contributed by atoms with Gasteiger partial charge in [-0.25, -0.2) is 13.1 Å². The van der Waals surface area contributed by atoms with E-state index in [0.717, 1.165) is 25.7 Å². The molecule has 26 heavy (non-hydrogen) atoms. The van der Waals surface area contributed by atoms with Crippen molar-refractivity contribution >= 4 is 16.0 Å². The Morgan fingerprint density at radius 3 is 2.38 bits per heavy atom. The molecule has 1 aromatic rings. The van der Waals surface area contributed by atoms with Gasteiger partial charge in [0.2, 0.25) is 10.0 Å². The summed E-state index contributed by atoms with van der Waals surface area (Å²) in [4.78, 5) is 13.8. The summed E-state index contributed by atoms with van der Waals surface area (Å²) in [5.74, 6) is -0.417. The van der Waals surface area contributed by atoms with Crippen LogP contribution in [0.5, 0.6) is 5.75 Å². The fraction of sp³-hybridized carbons (Fsp3) is 0.611. The van der Waals surface area contributed by atoms with Crippen LogP contribution in [0.2, 0.25) is 0 Å². The third-order valence-corrected chi connectivity index (χ3v) is 6.15. The monoisotopic (exact) mass is 384 g/mol. The average molecular weight is 384 g/mol. The standard InChI is InChI=1S/C18H28N2O5S/c1-3-13-25-15-7-9-16(10-8-15)26(23,24)19-14-18(2,17(21)22)20-11-5-4-6-12-20/h7-10,19H,3-6,11-14H2,1-2H3,(H,21,22)/t18-/m0/s1. The van der Waals surface area contributed by atoms with Gasteiger partial charge in [0.25, 0.3) is 0 Å². The number of aliphatic carboxylic acids is 1. The van der Waals surface area contributed by atoms with Crippen molar-refractivity contribution in [2.75, 3.05) is 26.2 Å². The Hall–Kier alpha value is -1.64. The van der Waals surface area contributed by atoms with Gasteiger partial charge in [-0.15, -0.1) is 0 Å². The molecule has 0 bridgehead atoms. The molecule has 2 N–H and O–H groups in total. The molecule has 1 heterocycles. The van der Waals surface area contributed by atoms with E-state index in [4.69, 9.17) is 4.74 Å². The highest BCUT2D eigenvalue weighted by atomic mass is 32.2.